The van der Waals surface area contributed by atoms with Crippen molar-refractivity contribution in [1.29, 1.82) is 0 Å². The molecule has 0 unspecified atom stereocenters. The molecule has 2 aliphatic rings. The average molecular weight is 319 g/mol. The molecular formula is C18H22FNO3. The molecule has 2 saturated heterocycles. The molecule has 2 fully saturated rings. The molecule has 1 aromatic rings. The first-order chi connectivity index (χ1) is 11.2. The second-order valence-corrected chi connectivity index (χ2v) is 6.03. The summed E-state index contributed by atoms with van der Waals surface area (Å²) in [5, 5.41) is 0. The smallest absolute Gasteiger partial charge is 0.246 e. The molecule has 2 aliphatic heterocycles. The number of carbonyl (C=O) groups excluding carboxylic acids is 1. The summed E-state index contributed by atoms with van der Waals surface area (Å²) in [6.45, 7) is 2.87. The van der Waals surface area contributed by atoms with Crippen molar-refractivity contribution in [2.45, 2.75) is 31.5 Å². The fourth-order valence-corrected chi connectivity index (χ4v) is 2.99. The largest absolute Gasteiger partial charge is 0.379 e. The van der Waals surface area contributed by atoms with E-state index in [4.69, 9.17) is 9.47 Å². The number of rotatable bonds is 4. The number of halogens is 1. The van der Waals surface area contributed by atoms with Crippen LogP contribution in [0.3, 0.4) is 0 Å². The maximum absolute atomic E-state index is 13.1. The number of benzene rings is 1. The molecule has 0 aromatic heterocycles. The van der Waals surface area contributed by atoms with Crippen molar-refractivity contribution in [2.24, 2.45) is 0 Å². The lowest BCUT2D eigenvalue weighted by Gasteiger charge is -2.32. The molecule has 23 heavy (non-hydrogen) atoms. The normalized spacial score (nSPS) is 22.8. The van der Waals surface area contributed by atoms with Gasteiger partial charge in [-0.1, -0.05) is 12.1 Å². The second kappa shape index (κ2) is 7.70. The van der Waals surface area contributed by atoms with E-state index in [-0.39, 0.29) is 23.9 Å². The van der Waals surface area contributed by atoms with Gasteiger partial charge in [0, 0.05) is 25.8 Å². The molecule has 1 aromatic carbocycles. The summed E-state index contributed by atoms with van der Waals surface area (Å²) in [5.41, 5.74) is 0.692. The van der Waals surface area contributed by atoms with Gasteiger partial charge in [0.1, 0.15) is 5.82 Å². The number of hydrogen-bond acceptors (Lipinski definition) is 3. The van der Waals surface area contributed by atoms with E-state index in [2.05, 4.69) is 0 Å². The molecule has 1 atom stereocenters. The number of amides is 1. The summed E-state index contributed by atoms with van der Waals surface area (Å²) in [7, 11) is 0. The summed E-state index contributed by atoms with van der Waals surface area (Å²) in [5.74, 6) is -0.328. The van der Waals surface area contributed by atoms with E-state index in [9.17, 15) is 9.18 Å². The maximum Gasteiger partial charge on any atom is 0.246 e. The summed E-state index contributed by atoms with van der Waals surface area (Å²) < 4.78 is 24.4. The number of nitrogens with zero attached hydrogens (tertiary/aromatic N) is 1. The summed E-state index contributed by atoms with van der Waals surface area (Å²) >= 11 is 0. The van der Waals surface area contributed by atoms with Crippen LogP contribution in [0.25, 0.3) is 6.08 Å². The zero-order valence-corrected chi connectivity index (χ0v) is 13.1. The number of ether oxygens (including phenoxy) is 2. The summed E-state index contributed by atoms with van der Waals surface area (Å²) in [6, 6.07) is 6.21. The lowest BCUT2D eigenvalue weighted by atomic mass is 10.1. The molecule has 5 heteroatoms. The molecule has 0 aliphatic carbocycles. The van der Waals surface area contributed by atoms with Crippen molar-refractivity contribution < 1.29 is 18.7 Å². The predicted octanol–water partition coefficient (Wildman–Crippen LogP) is 2.64. The van der Waals surface area contributed by atoms with Gasteiger partial charge in [-0.2, -0.15) is 0 Å². The molecule has 2 heterocycles. The molecule has 4 nitrogen and oxygen atoms in total. The van der Waals surface area contributed by atoms with Crippen LogP contribution in [0.5, 0.6) is 0 Å². The highest BCUT2D eigenvalue weighted by molar-refractivity contribution is 5.91. The van der Waals surface area contributed by atoms with Crippen LogP contribution >= 0.6 is 0 Å². The van der Waals surface area contributed by atoms with E-state index in [1.165, 1.54) is 18.2 Å². The molecule has 3 rings (SSSR count). The Labute approximate surface area is 135 Å². The van der Waals surface area contributed by atoms with Gasteiger partial charge in [-0.25, -0.2) is 4.39 Å². The fourth-order valence-electron chi connectivity index (χ4n) is 2.99. The zero-order chi connectivity index (χ0) is 16.1. The Balaban J connectivity index is 1.46. The van der Waals surface area contributed by atoms with Crippen molar-refractivity contribution >= 4 is 12.0 Å². The quantitative estimate of drug-likeness (QED) is 0.801. The summed E-state index contributed by atoms with van der Waals surface area (Å²) in [6.07, 6.45) is 6.29. The molecule has 1 amide bonds. The van der Waals surface area contributed by atoms with E-state index < -0.39 is 0 Å². The fraction of sp³-hybridized carbons (Fsp3) is 0.500. The van der Waals surface area contributed by atoms with Crippen molar-refractivity contribution in [2.75, 3.05) is 26.3 Å². The lowest BCUT2D eigenvalue weighted by Crippen LogP contribution is -2.41. The van der Waals surface area contributed by atoms with E-state index in [1.54, 1.807) is 18.2 Å². The van der Waals surface area contributed by atoms with E-state index in [0.717, 1.165) is 25.9 Å². The van der Waals surface area contributed by atoms with Gasteiger partial charge in [-0.05, 0) is 43.0 Å². The number of likely N-dealkylation sites (tertiary alicyclic amines) is 1. The predicted molar refractivity (Wildman–Crippen MR) is 85.3 cm³/mol. The van der Waals surface area contributed by atoms with Crippen LogP contribution < -0.4 is 0 Å². The first-order valence-electron chi connectivity index (χ1n) is 8.16. The van der Waals surface area contributed by atoms with Crippen LogP contribution in [-0.2, 0) is 14.3 Å². The van der Waals surface area contributed by atoms with Crippen LogP contribution in [0.15, 0.2) is 30.3 Å². The highest BCUT2D eigenvalue weighted by Crippen LogP contribution is 2.19. The Morgan fingerprint density at radius 3 is 2.78 bits per heavy atom. The van der Waals surface area contributed by atoms with Gasteiger partial charge < -0.3 is 14.4 Å². The van der Waals surface area contributed by atoms with Crippen LogP contribution in [-0.4, -0.2) is 49.3 Å². The molecule has 0 radical (unpaired) electrons. The van der Waals surface area contributed by atoms with E-state index in [1.807, 2.05) is 4.90 Å². The first kappa shape index (κ1) is 16.1. The number of carbonyl (C=O) groups is 1. The highest BCUT2D eigenvalue weighted by Gasteiger charge is 2.26. The third-order valence-corrected chi connectivity index (χ3v) is 4.29. The van der Waals surface area contributed by atoms with Gasteiger partial charge in [0.15, 0.2) is 0 Å². The van der Waals surface area contributed by atoms with Gasteiger partial charge in [0.05, 0.1) is 18.8 Å². The molecule has 124 valence electrons. The Morgan fingerprint density at radius 1 is 1.26 bits per heavy atom. The highest BCUT2D eigenvalue weighted by atomic mass is 19.1. The molecule has 0 bridgehead atoms. The topological polar surface area (TPSA) is 38.8 Å². The molecule has 0 N–H and O–H groups in total. The molecule has 0 spiro atoms. The van der Waals surface area contributed by atoms with Gasteiger partial charge in [0.25, 0.3) is 0 Å². The lowest BCUT2D eigenvalue weighted by molar-refractivity contribution is -0.129. The maximum atomic E-state index is 13.1. The Morgan fingerprint density at radius 2 is 2.09 bits per heavy atom. The van der Waals surface area contributed by atoms with Gasteiger partial charge in [-0.3, -0.25) is 4.79 Å². The van der Waals surface area contributed by atoms with Crippen LogP contribution in [0.2, 0.25) is 0 Å². The summed E-state index contributed by atoms with van der Waals surface area (Å²) in [4.78, 5) is 14.0. The SMILES string of the molecule is O=C(/C=C\c1cccc(F)c1)N1CCC(O[C@H]2CCOC2)CC1. The number of hydrogen-bond donors (Lipinski definition) is 0. The van der Waals surface area contributed by atoms with Crippen molar-refractivity contribution in [3.05, 3.63) is 41.7 Å². The van der Waals surface area contributed by atoms with Crippen molar-refractivity contribution in [3.8, 4) is 0 Å². The van der Waals surface area contributed by atoms with Gasteiger partial charge in [-0.15, -0.1) is 0 Å². The van der Waals surface area contributed by atoms with Crippen LogP contribution in [0.1, 0.15) is 24.8 Å². The van der Waals surface area contributed by atoms with E-state index in [0.29, 0.717) is 25.3 Å². The minimum atomic E-state index is -0.298. The minimum absolute atomic E-state index is 0.0306. The van der Waals surface area contributed by atoms with Crippen LogP contribution in [0.4, 0.5) is 4.39 Å². The van der Waals surface area contributed by atoms with Crippen molar-refractivity contribution in [1.82, 2.24) is 4.90 Å². The molecule has 0 saturated carbocycles. The minimum Gasteiger partial charge on any atom is -0.379 e. The third-order valence-electron chi connectivity index (χ3n) is 4.29. The average Bonchev–Trinajstić information content (AvgIpc) is 3.06. The monoisotopic (exact) mass is 319 g/mol. The van der Waals surface area contributed by atoms with E-state index >= 15 is 0 Å². The Hall–Kier alpha value is -1.72. The zero-order valence-electron chi connectivity index (χ0n) is 13.1. The Bertz CT molecular complexity index is 561. The Kier molecular flexibility index (Phi) is 5.41. The second-order valence-electron chi connectivity index (χ2n) is 6.03. The van der Waals surface area contributed by atoms with Gasteiger partial charge >= 0.3 is 0 Å². The standard InChI is InChI=1S/C18H22FNO3/c19-15-3-1-2-14(12-15)4-5-18(21)20-9-6-16(7-10-20)23-17-8-11-22-13-17/h1-5,12,16-17H,6-11,13H2/b5-4-/t17-/m0/s1. The van der Waals surface area contributed by atoms with Crippen LogP contribution in [0, 0.1) is 5.82 Å². The first-order valence-corrected chi connectivity index (χ1v) is 8.16. The third kappa shape index (κ3) is 4.62. The van der Waals surface area contributed by atoms with Crippen molar-refractivity contribution in [3.63, 3.8) is 0 Å². The van der Waals surface area contributed by atoms with Gasteiger partial charge in [0.2, 0.25) is 5.91 Å². The molecular weight excluding hydrogens is 297 g/mol. The number of piperidine rings is 1.